The number of fused-ring (bicyclic) bond motifs is 1. The molecule has 3 unspecified atom stereocenters. The second-order valence-corrected chi connectivity index (χ2v) is 8.80. The van der Waals surface area contributed by atoms with Gasteiger partial charge in [0, 0.05) is 30.3 Å². The van der Waals surface area contributed by atoms with E-state index in [9.17, 15) is 4.79 Å². The van der Waals surface area contributed by atoms with Crippen LogP contribution >= 0.6 is 11.3 Å². The van der Waals surface area contributed by atoms with E-state index in [1.54, 1.807) is 0 Å². The third-order valence-electron chi connectivity index (χ3n) is 6.09. The van der Waals surface area contributed by atoms with Crippen LogP contribution in [0, 0.1) is 11.8 Å². The molecule has 2 aliphatic rings. The SMILES string of the molecule is NC1CCC2CN(C(=O)c3sc(-c4ccccc4)nc3-c3ccccc3)CC12. The van der Waals surface area contributed by atoms with Crippen LogP contribution in [0.3, 0.4) is 0 Å². The fourth-order valence-electron chi connectivity index (χ4n) is 4.58. The van der Waals surface area contributed by atoms with E-state index < -0.39 is 0 Å². The lowest BCUT2D eigenvalue weighted by molar-refractivity contribution is 0.0785. The maximum Gasteiger partial charge on any atom is 0.266 e. The van der Waals surface area contributed by atoms with E-state index in [1.807, 2.05) is 65.6 Å². The minimum Gasteiger partial charge on any atom is -0.337 e. The van der Waals surface area contributed by atoms with Gasteiger partial charge in [-0.1, -0.05) is 60.7 Å². The van der Waals surface area contributed by atoms with Crippen LogP contribution in [0.5, 0.6) is 0 Å². The molecule has 1 aromatic heterocycles. The lowest BCUT2D eigenvalue weighted by atomic mass is 9.98. The Kier molecular flexibility index (Phi) is 4.49. The predicted molar refractivity (Wildman–Crippen MR) is 113 cm³/mol. The first-order chi connectivity index (χ1) is 13.7. The lowest BCUT2D eigenvalue weighted by Gasteiger charge is -2.18. The van der Waals surface area contributed by atoms with E-state index in [4.69, 9.17) is 10.7 Å². The largest absolute Gasteiger partial charge is 0.337 e. The van der Waals surface area contributed by atoms with Crippen molar-refractivity contribution in [2.24, 2.45) is 17.6 Å². The molecule has 5 rings (SSSR count). The van der Waals surface area contributed by atoms with Gasteiger partial charge in [0.05, 0.1) is 5.69 Å². The van der Waals surface area contributed by atoms with Crippen LogP contribution in [-0.4, -0.2) is 34.9 Å². The maximum atomic E-state index is 13.5. The number of rotatable bonds is 3. The molecule has 1 aliphatic heterocycles. The number of carbonyl (C=O) groups is 1. The second-order valence-electron chi connectivity index (χ2n) is 7.80. The quantitative estimate of drug-likeness (QED) is 0.727. The van der Waals surface area contributed by atoms with Crippen molar-refractivity contribution in [3.63, 3.8) is 0 Å². The Morgan fingerprint density at radius 2 is 1.64 bits per heavy atom. The highest BCUT2D eigenvalue weighted by molar-refractivity contribution is 7.17. The molecule has 0 spiro atoms. The van der Waals surface area contributed by atoms with Crippen LogP contribution in [0.2, 0.25) is 0 Å². The van der Waals surface area contributed by atoms with Crippen molar-refractivity contribution in [1.82, 2.24) is 9.88 Å². The first-order valence-electron chi connectivity index (χ1n) is 9.87. The van der Waals surface area contributed by atoms with Gasteiger partial charge in [0.1, 0.15) is 9.88 Å². The third kappa shape index (κ3) is 3.05. The van der Waals surface area contributed by atoms with Gasteiger partial charge in [-0.25, -0.2) is 4.98 Å². The van der Waals surface area contributed by atoms with E-state index in [0.717, 1.165) is 52.6 Å². The maximum absolute atomic E-state index is 13.5. The van der Waals surface area contributed by atoms with Crippen molar-refractivity contribution in [3.8, 4) is 21.8 Å². The molecule has 0 bridgehead atoms. The highest BCUT2D eigenvalue weighted by Crippen LogP contribution is 2.40. The Morgan fingerprint density at radius 1 is 0.964 bits per heavy atom. The smallest absolute Gasteiger partial charge is 0.266 e. The zero-order valence-electron chi connectivity index (χ0n) is 15.6. The molecule has 1 amide bonds. The summed E-state index contributed by atoms with van der Waals surface area (Å²) in [5, 5.41) is 0.888. The Balaban J connectivity index is 1.53. The van der Waals surface area contributed by atoms with Gasteiger partial charge >= 0.3 is 0 Å². The zero-order valence-corrected chi connectivity index (χ0v) is 16.4. The van der Waals surface area contributed by atoms with Crippen molar-refractivity contribution < 1.29 is 4.79 Å². The van der Waals surface area contributed by atoms with Gasteiger partial charge in [-0.15, -0.1) is 11.3 Å². The van der Waals surface area contributed by atoms with E-state index >= 15 is 0 Å². The Labute approximate surface area is 169 Å². The number of hydrogen-bond acceptors (Lipinski definition) is 4. The van der Waals surface area contributed by atoms with Gasteiger partial charge in [-0.3, -0.25) is 4.79 Å². The summed E-state index contributed by atoms with van der Waals surface area (Å²) in [5.74, 6) is 1.10. The number of carbonyl (C=O) groups excluding carboxylic acids is 1. The molecule has 1 aliphatic carbocycles. The fourth-order valence-corrected chi connectivity index (χ4v) is 5.64. The third-order valence-corrected chi connectivity index (χ3v) is 7.18. The van der Waals surface area contributed by atoms with E-state index in [2.05, 4.69) is 0 Å². The fraction of sp³-hybridized carbons (Fsp3) is 0.304. The Morgan fingerprint density at radius 3 is 2.32 bits per heavy atom. The number of thiazole rings is 1. The van der Waals surface area contributed by atoms with Gasteiger partial charge < -0.3 is 10.6 Å². The van der Waals surface area contributed by atoms with E-state index in [0.29, 0.717) is 11.8 Å². The summed E-state index contributed by atoms with van der Waals surface area (Å²) in [4.78, 5) is 21.1. The molecule has 2 fully saturated rings. The van der Waals surface area contributed by atoms with Gasteiger partial charge in [0.25, 0.3) is 5.91 Å². The summed E-state index contributed by atoms with van der Waals surface area (Å²) in [6.45, 7) is 1.60. The average molecular weight is 390 g/mol. The number of benzene rings is 2. The van der Waals surface area contributed by atoms with Crippen molar-refractivity contribution >= 4 is 17.2 Å². The van der Waals surface area contributed by atoms with Gasteiger partial charge in [0.15, 0.2) is 0 Å². The average Bonchev–Trinajstić information content (AvgIpc) is 3.45. The number of hydrogen-bond donors (Lipinski definition) is 1. The molecule has 1 saturated carbocycles. The number of nitrogens with zero attached hydrogens (tertiary/aromatic N) is 2. The van der Waals surface area contributed by atoms with Crippen LogP contribution in [0.25, 0.3) is 21.8 Å². The summed E-state index contributed by atoms with van der Waals surface area (Å²) in [6.07, 6.45) is 2.23. The lowest BCUT2D eigenvalue weighted by Crippen LogP contribution is -2.33. The highest BCUT2D eigenvalue weighted by Gasteiger charge is 2.43. The van der Waals surface area contributed by atoms with Crippen LogP contribution in [0.15, 0.2) is 60.7 Å². The first kappa shape index (κ1) is 17.6. The number of nitrogens with two attached hydrogens (primary N) is 1. The molecule has 4 nitrogen and oxygen atoms in total. The van der Waals surface area contributed by atoms with E-state index in [1.165, 1.54) is 11.3 Å². The molecular weight excluding hydrogens is 366 g/mol. The van der Waals surface area contributed by atoms with Gasteiger partial charge in [-0.2, -0.15) is 0 Å². The molecule has 2 N–H and O–H groups in total. The molecule has 0 radical (unpaired) electrons. The normalized spacial score (nSPS) is 23.8. The van der Waals surface area contributed by atoms with Crippen molar-refractivity contribution in [2.45, 2.75) is 18.9 Å². The summed E-state index contributed by atoms with van der Waals surface area (Å²) in [6, 6.07) is 20.3. The monoisotopic (exact) mass is 389 g/mol. The molecule has 5 heteroatoms. The van der Waals surface area contributed by atoms with Crippen LogP contribution in [0.1, 0.15) is 22.5 Å². The molecule has 142 valence electrons. The topological polar surface area (TPSA) is 59.2 Å². The zero-order chi connectivity index (χ0) is 19.1. The standard InChI is InChI=1S/C23H23N3OS/c24-19-12-11-17-13-26(14-18(17)19)23(27)21-20(15-7-3-1-4-8-15)25-22(28-21)16-9-5-2-6-10-16/h1-10,17-19H,11-14,24H2. The van der Waals surface area contributed by atoms with Gasteiger partial charge in [-0.05, 0) is 24.7 Å². The molecule has 28 heavy (non-hydrogen) atoms. The van der Waals surface area contributed by atoms with Crippen molar-refractivity contribution in [3.05, 3.63) is 65.5 Å². The number of aromatic nitrogens is 1. The predicted octanol–water partition coefficient (Wildman–Crippen LogP) is 4.29. The van der Waals surface area contributed by atoms with Crippen molar-refractivity contribution in [2.75, 3.05) is 13.1 Å². The van der Waals surface area contributed by atoms with Crippen LogP contribution in [0.4, 0.5) is 0 Å². The highest BCUT2D eigenvalue weighted by atomic mass is 32.1. The molecule has 2 heterocycles. The Bertz CT molecular complexity index is 986. The molecule has 1 saturated heterocycles. The van der Waals surface area contributed by atoms with Crippen molar-refractivity contribution in [1.29, 1.82) is 0 Å². The Hall–Kier alpha value is -2.50. The minimum atomic E-state index is 0.0973. The molecule has 2 aromatic carbocycles. The minimum absolute atomic E-state index is 0.0973. The molecular formula is C23H23N3OS. The molecule has 3 atom stereocenters. The molecule has 3 aromatic rings. The van der Waals surface area contributed by atoms with Gasteiger partial charge in [0.2, 0.25) is 0 Å². The van der Waals surface area contributed by atoms with E-state index in [-0.39, 0.29) is 11.9 Å². The summed E-state index contributed by atoms with van der Waals surface area (Å²) < 4.78 is 0. The van der Waals surface area contributed by atoms with Crippen LogP contribution in [-0.2, 0) is 0 Å². The number of amides is 1. The summed E-state index contributed by atoms with van der Waals surface area (Å²) >= 11 is 1.50. The van der Waals surface area contributed by atoms with Crippen LogP contribution < -0.4 is 5.73 Å². The summed E-state index contributed by atoms with van der Waals surface area (Å²) in [5.41, 5.74) is 9.09. The first-order valence-corrected chi connectivity index (χ1v) is 10.7. The second kappa shape index (κ2) is 7.15. The number of likely N-dealkylation sites (tertiary alicyclic amines) is 1. The summed E-state index contributed by atoms with van der Waals surface area (Å²) in [7, 11) is 0.